The first-order valence-electron chi connectivity index (χ1n) is 6.22. The Kier molecular flexibility index (Phi) is 4.03. The lowest BCUT2D eigenvalue weighted by atomic mass is 10.2. The lowest BCUT2D eigenvalue weighted by Crippen LogP contribution is -2.07. The monoisotopic (exact) mass is 319 g/mol. The molecule has 0 bridgehead atoms. The summed E-state index contributed by atoms with van der Waals surface area (Å²) in [7, 11) is 0. The number of nitrogens with one attached hydrogen (secondary N) is 1. The third-order valence-corrected chi connectivity index (χ3v) is 3.65. The van der Waals surface area contributed by atoms with Crippen molar-refractivity contribution in [2.75, 3.05) is 5.32 Å². The Balaban J connectivity index is 1.86. The van der Waals surface area contributed by atoms with Gasteiger partial charge in [-0.2, -0.15) is 5.10 Å². The second kappa shape index (κ2) is 6.11. The molecule has 3 aromatic rings. The Morgan fingerprint density at radius 1 is 1.10 bits per heavy atom. The Morgan fingerprint density at radius 2 is 1.90 bits per heavy atom. The third-order valence-electron chi connectivity index (χ3n) is 2.94. The van der Waals surface area contributed by atoms with Crippen LogP contribution >= 0.6 is 23.2 Å². The summed E-state index contributed by atoms with van der Waals surface area (Å²) in [5.74, 6) is 0.665. The van der Waals surface area contributed by atoms with Crippen molar-refractivity contribution in [1.82, 2.24) is 19.7 Å². The van der Waals surface area contributed by atoms with Gasteiger partial charge < -0.3 is 5.32 Å². The van der Waals surface area contributed by atoms with Gasteiger partial charge in [0.05, 0.1) is 5.69 Å². The van der Waals surface area contributed by atoms with Crippen molar-refractivity contribution in [2.24, 2.45) is 0 Å². The first-order valence-corrected chi connectivity index (χ1v) is 6.98. The van der Waals surface area contributed by atoms with Gasteiger partial charge in [0.25, 0.3) is 0 Å². The molecule has 106 valence electrons. The summed E-state index contributed by atoms with van der Waals surface area (Å²) in [6.45, 7) is 0.492. The minimum Gasteiger partial charge on any atom is -0.378 e. The maximum Gasteiger partial charge on any atom is 0.178 e. The third kappa shape index (κ3) is 2.99. The second-order valence-corrected chi connectivity index (χ2v) is 5.08. The van der Waals surface area contributed by atoms with Crippen LogP contribution in [0.4, 0.5) is 5.69 Å². The number of pyridine rings is 1. The zero-order chi connectivity index (χ0) is 14.7. The van der Waals surface area contributed by atoms with E-state index >= 15 is 0 Å². The Morgan fingerprint density at radius 3 is 2.62 bits per heavy atom. The van der Waals surface area contributed by atoms with Crippen molar-refractivity contribution in [3.63, 3.8) is 0 Å². The van der Waals surface area contributed by atoms with E-state index in [1.54, 1.807) is 17.2 Å². The molecule has 0 saturated heterocycles. The molecule has 0 amide bonds. The van der Waals surface area contributed by atoms with Crippen LogP contribution in [-0.2, 0) is 6.54 Å². The first kappa shape index (κ1) is 13.9. The van der Waals surface area contributed by atoms with Gasteiger partial charge in [0, 0.05) is 28.4 Å². The molecule has 1 aromatic carbocycles. The molecule has 0 aliphatic rings. The summed E-state index contributed by atoms with van der Waals surface area (Å²) in [5.41, 5.74) is 1.66. The van der Waals surface area contributed by atoms with Crippen LogP contribution in [0.5, 0.6) is 0 Å². The van der Waals surface area contributed by atoms with Crippen LogP contribution in [0.15, 0.2) is 49.2 Å². The van der Waals surface area contributed by atoms with Gasteiger partial charge in [-0.15, -0.1) is 0 Å². The summed E-state index contributed by atoms with van der Waals surface area (Å²) in [6, 6.07) is 9.20. The van der Waals surface area contributed by atoms with E-state index in [1.165, 1.54) is 6.33 Å². The average Bonchev–Trinajstić information content (AvgIpc) is 3.01. The van der Waals surface area contributed by atoms with Crippen LogP contribution in [0.1, 0.15) is 5.56 Å². The van der Waals surface area contributed by atoms with E-state index in [9.17, 15) is 0 Å². The van der Waals surface area contributed by atoms with E-state index in [0.29, 0.717) is 22.4 Å². The molecule has 0 unspecified atom stereocenters. The molecule has 0 spiro atoms. The molecular weight excluding hydrogens is 309 g/mol. The Hall–Kier alpha value is -2.11. The summed E-state index contributed by atoms with van der Waals surface area (Å²) in [5, 5.41) is 8.62. The van der Waals surface area contributed by atoms with Gasteiger partial charge in [-0.1, -0.05) is 29.3 Å². The molecule has 2 aromatic heterocycles. The minimum absolute atomic E-state index is 0.492. The van der Waals surface area contributed by atoms with E-state index in [1.807, 2.05) is 30.3 Å². The van der Waals surface area contributed by atoms with Crippen LogP contribution in [0.3, 0.4) is 0 Å². The fourth-order valence-corrected chi connectivity index (χ4v) is 2.45. The Labute approximate surface area is 131 Å². The lowest BCUT2D eigenvalue weighted by molar-refractivity contribution is 0.844. The average molecular weight is 320 g/mol. The number of rotatable bonds is 4. The summed E-state index contributed by atoms with van der Waals surface area (Å²) in [4.78, 5) is 8.24. The fourth-order valence-electron chi connectivity index (χ4n) is 1.92. The van der Waals surface area contributed by atoms with Gasteiger partial charge >= 0.3 is 0 Å². The topological polar surface area (TPSA) is 55.6 Å². The summed E-state index contributed by atoms with van der Waals surface area (Å²) >= 11 is 12.3. The molecule has 21 heavy (non-hydrogen) atoms. The van der Waals surface area contributed by atoms with Crippen molar-refractivity contribution >= 4 is 28.9 Å². The van der Waals surface area contributed by atoms with Crippen LogP contribution in [0, 0.1) is 0 Å². The van der Waals surface area contributed by atoms with Gasteiger partial charge in [0.1, 0.15) is 12.7 Å². The van der Waals surface area contributed by atoms with E-state index in [4.69, 9.17) is 23.2 Å². The number of halogens is 2. The molecule has 0 aliphatic carbocycles. The van der Waals surface area contributed by atoms with E-state index < -0.39 is 0 Å². The maximum absolute atomic E-state index is 6.17. The van der Waals surface area contributed by atoms with Crippen molar-refractivity contribution < 1.29 is 0 Å². The van der Waals surface area contributed by atoms with Crippen molar-refractivity contribution in [1.29, 1.82) is 0 Å². The lowest BCUT2D eigenvalue weighted by Gasteiger charge is -2.12. The highest BCUT2D eigenvalue weighted by Crippen LogP contribution is 2.26. The van der Waals surface area contributed by atoms with E-state index in [0.717, 1.165) is 11.3 Å². The summed E-state index contributed by atoms with van der Waals surface area (Å²) in [6.07, 6.45) is 4.75. The van der Waals surface area contributed by atoms with E-state index in [-0.39, 0.29) is 0 Å². The molecule has 7 heteroatoms. The predicted molar refractivity (Wildman–Crippen MR) is 82.9 cm³/mol. The van der Waals surface area contributed by atoms with Crippen LogP contribution in [-0.4, -0.2) is 19.7 Å². The van der Waals surface area contributed by atoms with Crippen LogP contribution < -0.4 is 5.32 Å². The summed E-state index contributed by atoms with van der Waals surface area (Å²) < 4.78 is 1.59. The van der Waals surface area contributed by atoms with Gasteiger partial charge in [-0.3, -0.25) is 0 Å². The molecule has 0 aliphatic heterocycles. The quantitative estimate of drug-likeness (QED) is 0.798. The highest BCUT2D eigenvalue weighted by atomic mass is 35.5. The molecule has 5 nitrogen and oxygen atoms in total. The van der Waals surface area contributed by atoms with E-state index in [2.05, 4.69) is 20.4 Å². The fraction of sp³-hybridized carbons (Fsp3) is 0.0714. The van der Waals surface area contributed by atoms with Gasteiger partial charge in [0.15, 0.2) is 5.82 Å². The predicted octanol–water partition coefficient (Wildman–Crippen LogP) is 3.58. The number of hydrogen-bond donors (Lipinski definition) is 1. The highest BCUT2D eigenvalue weighted by Gasteiger charge is 2.09. The standard InChI is InChI=1S/C14H11Cl2N5/c15-11-3-1-4-12(16)10(11)7-19-13-5-2-6-18-14(13)21-9-17-8-20-21/h1-6,8-9,19H,7H2. The van der Waals surface area contributed by atoms with Gasteiger partial charge in [-0.05, 0) is 24.3 Å². The van der Waals surface area contributed by atoms with Gasteiger partial charge in [-0.25, -0.2) is 14.6 Å². The SMILES string of the molecule is Clc1cccc(Cl)c1CNc1cccnc1-n1cncn1. The molecule has 0 saturated carbocycles. The zero-order valence-corrected chi connectivity index (χ0v) is 12.4. The smallest absolute Gasteiger partial charge is 0.178 e. The zero-order valence-electron chi connectivity index (χ0n) is 10.9. The molecule has 0 radical (unpaired) electrons. The number of nitrogens with zero attached hydrogens (tertiary/aromatic N) is 4. The Bertz CT molecular complexity index is 723. The van der Waals surface area contributed by atoms with Crippen LogP contribution in [0.25, 0.3) is 5.82 Å². The number of anilines is 1. The molecule has 3 rings (SSSR count). The molecule has 0 atom stereocenters. The minimum atomic E-state index is 0.492. The highest BCUT2D eigenvalue weighted by molar-refractivity contribution is 6.36. The normalized spacial score (nSPS) is 10.6. The number of aromatic nitrogens is 4. The molecular formula is C14H11Cl2N5. The van der Waals surface area contributed by atoms with Gasteiger partial charge in [0.2, 0.25) is 0 Å². The van der Waals surface area contributed by atoms with Crippen molar-refractivity contribution in [3.8, 4) is 5.82 Å². The molecule has 2 heterocycles. The van der Waals surface area contributed by atoms with Crippen molar-refractivity contribution in [2.45, 2.75) is 6.54 Å². The maximum atomic E-state index is 6.17. The molecule has 1 N–H and O–H groups in total. The van der Waals surface area contributed by atoms with Crippen molar-refractivity contribution in [3.05, 3.63) is 64.8 Å². The first-order chi connectivity index (χ1) is 10.3. The number of benzene rings is 1. The largest absolute Gasteiger partial charge is 0.378 e. The van der Waals surface area contributed by atoms with Crippen LogP contribution in [0.2, 0.25) is 10.0 Å². The second-order valence-electron chi connectivity index (χ2n) is 4.27. The molecule has 0 fully saturated rings. The number of hydrogen-bond acceptors (Lipinski definition) is 4.